The maximum atomic E-state index is 13.6. The molecular weight excluding hydrogens is 248 g/mol. The summed E-state index contributed by atoms with van der Waals surface area (Å²) in [6.07, 6.45) is -3.04. The molecule has 94 valence electrons. The summed E-state index contributed by atoms with van der Waals surface area (Å²) < 4.78 is 50.5. The molecule has 0 N–H and O–H groups in total. The summed E-state index contributed by atoms with van der Waals surface area (Å²) in [4.78, 5) is 0. The van der Waals surface area contributed by atoms with E-state index in [0.29, 0.717) is 5.56 Å². The molecular formula is C12H14F4Si. The second-order valence-electron chi connectivity index (χ2n) is 4.86. The van der Waals surface area contributed by atoms with Crippen molar-refractivity contribution in [2.45, 2.75) is 25.8 Å². The molecule has 0 aliphatic heterocycles. The van der Waals surface area contributed by atoms with Crippen molar-refractivity contribution in [2.75, 3.05) is 0 Å². The van der Waals surface area contributed by atoms with E-state index in [1.54, 1.807) is 0 Å². The van der Waals surface area contributed by atoms with Gasteiger partial charge >= 0.3 is 6.18 Å². The fourth-order valence-electron chi connectivity index (χ4n) is 1.13. The van der Waals surface area contributed by atoms with Gasteiger partial charge in [-0.1, -0.05) is 31.8 Å². The van der Waals surface area contributed by atoms with Crippen LogP contribution in [0.4, 0.5) is 17.6 Å². The molecule has 0 radical (unpaired) electrons. The average molecular weight is 262 g/mol. The van der Waals surface area contributed by atoms with Crippen LogP contribution in [0.1, 0.15) is 11.1 Å². The summed E-state index contributed by atoms with van der Waals surface area (Å²) in [5.41, 5.74) is -0.488. The van der Waals surface area contributed by atoms with Gasteiger partial charge < -0.3 is 0 Å². The molecule has 0 unspecified atom stereocenters. The lowest BCUT2D eigenvalue weighted by molar-refractivity contribution is -0.137. The van der Waals surface area contributed by atoms with Crippen molar-refractivity contribution in [3.05, 3.63) is 40.8 Å². The second kappa shape index (κ2) is 4.64. The number of hydrogen-bond acceptors (Lipinski definition) is 0. The molecule has 0 atom stereocenters. The van der Waals surface area contributed by atoms with Gasteiger partial charge in [-0.15, -0.1) is 0 Å². The van der Waals surface area contributed by atoms with Gasteiger partial charge in [-0.2, -0.15) is 13.2 Å². The highest BCUT2D eigenvalue weighted by atomic mass is 28.3. The second-order valence-corrected chi connectivity index (χ2v) is 9.84. The number of halogens is 4. The van der Waals surface area contributed by atoms with Crippen LogP contribution < -0.4 is 0 Å². The topological polar surface area (TPSA) is 0 Å². The van der Waals surface area contributed by atoms with Crippen molar-refractivity contribution in [3.63, 3.8) is 0 Å². The molecule has 0 heterocycles. The van der Waals surface area contributed by atoms with E-state index in [4.69, 9.17) is 0 Å². The van der Waals surface area contributed by atoms with Crippen molar-refractivity contribution in [1.82, 2.24) is 0 Å². The smallest absolute Gasteiger partial charge is 0.217 e. The van der Waals surface area contributed by atoms with Crippen LogP contribution in [0, 0.1) is 0 Å². The Morgan fingerprint density at radius 1 is 1.06 bits per heavy atom. The molecule has 0 spiro atoms. The van der Waals surface area contributed by atoms with E-state index in [2.05, 4.69) is 0 Å². The van der Waals surface area contributed by atoms with Gasteiger partial charge in [-0.3, -0.25) is 0 Å². The predicted octanol–water partition coefficient (Wildman–Crippen LogP) is 4.89. The SMILES string of the molecule is C[Si](C)(C)/C(F)=C\c1ccc(C(F)(F)F)cc1. The molecule has 1 aromatic carbocycles. The number of rotatable bonds is 2. The monoisotopic (exact) mass is 262 g/mol. The Morgan fingerprint density at radius 2 is 1.53 bits per heavy atom. The molecule has 1 aromatic rings. The van der Waals surface area contributed by atoms with Crippen LogP contribution in [0.5, 0.6) is 0 Å². The summed E-state index contributed by atoms with van der Waals surface area (Å²) in [6, 6.07) is 4.48. The maximum Gasteiger partial charge on any atom is 0.416 e. The van der Waals surface area contributed by atoms with Gasteiger partial charge in [-0.25, -0.2) is 4.39 Å². The van der Waals surface area contributed by atoms with E-state index in [1.807, 2.05) is 19.6 Å². The zero-order valence-electron chi connectivity index (χ0n) is 9.90. The molecule has 0 saturated carbocycles. The van der Waals surface area contributed by atoms with Crippen molar-refractivity contribution >= 4 is 14.1 Å². The van der Waals surface area contributed by atoms with Gasteiger partial charge in [-0.05, 0) is 23.8 Å². The lowest BCUT2D eigenvalue weighted by Crippen LogP contribution is -2.20. The first-order chi connectivity index (χ1) is 7.60. The van der Waals surface area contributed by atoms with Gasteiger partial charge in [0.15, 0.2) is 0 Å². The van der Waals surface area contributed by atoms with E-state index in [0.717, 1.165) is 12.1 Å². The van der Waals surface area contributed by atoms with E-state index < -0.39 is 19.8 Å². The summed E-state index contributed by atoms with van der Waals surface area (Å²) >= 11 is 0. The zero-order chi connectivity index (χ0) is 13.3. The minimum absolute atomic E-state index is 0.225. The normalized spacial score (nSPS) is 13.9. The number of hydrogen-bond donors (Lipinski definition) is 0. The van der Waals surface area contributed by atoms with Crippen LogP contribution in [0.2, 0.25) is 19.6 Å². The quantitative estimate of drug-likeness (QED) is 0.525. The molecule has 0 aliphatic rings. The number of alkyl halides is 3. The standard InChI is InChI=1S/C12H14F4Si/c1-17(2,3)11(13)8-9-4-6-10(7-5-9)12(14,15)16/h4-8H,1-3H3/b11-8-. The fourth-order valence-corrected chi connectivity index (χ4v) is 1.73. The number of benzene rings is 1. The molecule has 0 amide bonds. The van der Waals surface area contributed by atoms with Crippen LogP contribution in [-0.2, 0) is 6.18 Å². The summed E-state index contributed by atoms with van der Waals surface area (Å²) in [7, 11) is -2.02. The molecule has 0 aliphatic carbocycles. The summed E-state index contributed by atoms with van der Waals surface area (Å²) in [5, 5.41) is 0. The Balaban J connectivity index is 2.97. The first-order valence-corrected chi connectivity index (χ1v) is 8.65. The Morgan fingerprint density at radius 3 is 1.88 bits per heavy atom. The molecule has 0 nitrogen and oxygen atoms in total. The summed E-state index contributed by atoms with van der Waals surface area (Å²) in [5.74, 6) is 0. The highest BCUT2D eigenvalue weighted by Gasteiger charge is 2.29. The molecule has 1 rings (SSSR count). The Hall–Kier alpha value is -1.10. The van der Waals surface area contributed by atoms with Gasteiger partial charge in [0.1, 0.15) is 8.07 Å². The minimum atomic E-state index is -4.35. The Bertz CT molecular complexity index is 410. The van der Waals surface area contributed by atoms with Crippen LogP contribution in [0.25, 0.3) is 6.08 Å². The highest BCUT2D eigenvalue weighted by Crippen LogP contribution is 2.29. The molecule has 5 heteroatoms. The van der Waals surface area contributed by atoms with Crippen LogP contribution in [-0.4, -0.2) is 8.07 Å². The molecule has 0 bridgehead atoms. The van der Waals surface area contributed by atoms with E-state index in [9.17, 15) is 17.6 Å². The Kier molecular flexibility index (Phi) is 3.81. The largest absolute Gasteiger partial charge is 0.416 e. The average Bonchev–Trinajstić information content (AvgIpc) is 2.15. The van der Waals surface area contributed by atoms with E-state index in [-0.39, 0.29) is 5.45 Å². The lowest BCUT2D eigenvalue weighted by atomic mass is 10.1. The lowest BCUT2D eigenvalue weighted by Gasteiger charge is -2.12. The molecule has 0 aromatic heterocycles. The third-order valence-corrected chi connectivity index (χ3v) is 3.83. The molecule has 17 heavy (non-hydrogen) atoms. The van der Waals surface area contributed by atoms with Gasteiger partial charge in [0, 0.05) is 0 Å². The predicted molar refractivity (Wildman–Crippen MR) is 63.9 cm³/mol. The van der Waals surface area contributed by atoms with Crippen molar-refractivity contribution in [2.24, 2.45) is 0 Å². The molecule has 0 fully saturated rings. The molecule has 0 saturated heterocycles. The minimum Gasteiger partial charge on any atom is -0.217 e. The van der Waals surface area contributed by atoms with Crippen LogP contribution in [0.3, 0.4) is 0 Å². The van der Waals surface area contributed by atoms with Crippen molar-refractivity contribution in [3.8, 4) is 0 Å². The van der Waals surface area contributed by atoms with Crippen LogP contribution in [0.15, 0.2) is 29.7 Å². The van der Waals surface area contributed by atoms with E-state index >= 15 is 0 Å². The van der Waals surface area contributed by atoms with Crippen LogP contribution >= 0.6 is 0 Å². The Labute approximate surface area is 99.0 Å². The first-order valence-electron chi connectivity index (χ1n) is 5.15. The van der Waals surface area contributed by atoms with Gasteiger partial charge in [0.2, 0.25) is 0 Å². The highest BCUT2D eigenvalue weighted by molar-refractivity contribution is 6.83. The summed E-state index contributed by atoms with van der Waals surface area (Å²) in [6.45, 7) is 5.51. The first kappa shape index (κ1) is 14.0. The van der Waals surface area contributed by atoms with E-state index in [1.165, 1.54) is 18.2 Å². The third-order valence-electron chi connectivity index (χ3n) is 2.25. The fraction of sp³-hybridized carbons (Fsp3) is 0.333. The zero-order valence-corrected chi connectivity index (χ0v) is 10.9. The maximum absolute atomic E-state index is 13.6. The third kappa shape index (κ3) is 4.00. The van der Waals surface area contributed by atoms with Gasteiger partial charge in [0.25, 0.3) is 0 Å². The van der Waals surface area contributed by atoms with Crippen molar-refractivity contribution in [1.29, 1.82) is 0 Å². The van der Waals surface area contributed by atoms with Crippen molar-refractivity contribution < 1.29 is 17.6 Å². The van der Waals surface area contributed by atoms with Gasteiger partial charge in [0.05, 0.1) is 11.0 Å².